The van der Waals surface area contributed by atoms with Crippen molar-refractivity contribution in [1.82, 2.24) is 9.38 Å². The van der Waals surface area contributed by atoms with Crippen LogP contribution in [0.3, 0.4) is 0 Å². The van der Waals surface area contributed by atoms with Crippen molar-refractivity contribution >= 4 is 23.1 Å². The lowest BCUT2D eigenvalue weighted by Gasteiger charge is -2.16. The van der Waals surface area contributed by atoms with Crippen molar-refractivity contribution in [3.05, 3.63) is 52.7 Å². The van der Waals surface area contributed by atoms with E-state index in [0.717, 1.165) is 23.3 Å². The molecule has 2 aromatic heterocycles. The van der Waals surface area contributed by atoms with E-state index >= 15 is 0 Å². The highest BCUT2D eigenvalue weighted by Gasteiger charge is 2.15. The van der Waals surface area contributed by atoms with Gasteiger partial charge in [0.2, 0.25) is 0 Å². The molecule has 1 aromatic carbocycles. The maximum Gasteiger partial charge on any atom is 0.140 e. The quantitative estimate of drug-likeness (QED) is 0.687. The van der Waals surface area contributed by atoms with Crippen molar-refractivity contribution in [3.63, 3.8) is 0 Å². The summed E-state index contributed by atoms with van der Waals surface area (Å²) in [7, 11) is 0. The van der Waals surface area contributed by atoms with Gasteiger partial charge in [-0.15, -0.1) is 0 Å². The topological polar surface area (TPSA) is 43.3 Å². The molecule has 0 radical (unpaired) electrons. The van der Waals surface area contributed by atoms with Crippen LogP contribution in [0.25, 0.3) is 16.9 Å². The van der Waals surface area contributed by atoms with Gasteiger partial charge in [0.1, 0.15) is 22.3 Å². The molecule has 106 valence electrons. The van der Waals surface area contributed by atoms with Crippen LogP contribution in [0.5, 0.6) is 0 Å². The fourth-order valence-electron chi connectivity index (χ4n) is 3.17. The number of aromatic nitrogens is 2. The zero-order valence-corrected chi connectivity index (χ0v) is 12.4. The zero-order chi connectivity index (χ0) is 14.4. The van der Waals surface area contributed by atoms with Crippen molar-refractivity contribution in [2.45, 2.75) is 25.7 Å². The minimum atomic E-state index is 0.585. The highest BCUT2D eigenvalue weighted by Crippen LogP contribution is 2.32. The number of fused-ring (bicyclic) bond motifs is 2. The molecule has 3 nitrogen and oxygen atoms in total. The Labute approximate surface area is 128 Å². The van der Waals surface area contributed by atoms with E-state index in [-0.39, 0.29) is 0 Å². The molecule has 0 amide bonds. The van der Waals surface area contributed by atoms with E-state index in [2.05, 4.69) is 23.2 Å². The number of hydrogen-bond donors (Lipinski definition) is 1. The molecule has 0 saturated carbocycles. The van der Waals surface area contributed by atoms with Crippen LogP contribution >= 0.6 is 11.6 Å². The van der Waals surface area contributed by atoms with Crippen LogP contribution in [-0.2, 0) is 12.8 Å². The number of pyridine rings is 1. The lowest BCUT2D eigenvalue weighted by atomic mass is 9.90. The summed E-state index contributed by atoms with van der Waals surface area (Å²) in [5.41, 5.74) is 11.8. The average Bonchev–Trinajstić information content (AvgIpc) is 2.85. The van der Waals surface area contributed by atoms with Gasteiger partial charge in [0.15, 0.2) is 0 Å². The summed E-state index contributed by atoms with van der Waals surface area (Å²) < 4.78 is 1.79. The highest BCUT2D eigenvalue weighted by atomic mass is 35.5. The summed E-state index contributed by atoms with van der Waals surface area (Å²) >= 11 is 6.22. The first-order valence-electron chi connectivity index (χ1n) is 7.28. The number of aryl methyl sites for hydroxylation is 2. The Morgan fingerprint density at radius 1 is 1.05 bits per heavy atom. The van der Waals surface area contributed by atoms with Crippen LogP contribution in [0.4, 0.5) is 5.82 Å². The number of benzene rings is 1. The molecule has 0 aliphatic heterocycles. The molecule has 2 N–H and O–H groups in total. The number of nitrogens with two attached hydrogens (primary N) is 1. The molecule has 0 bridgehead atoms. The second kappa shape index (κ2) is 4.78. The van der Waals surface area contributed by atoms with E-state index in [9.17, 15) is 0 Å². The lowest BCUT2D eigenvalue weighted by Crippen LogP contribution is -2.02. The maximum atomic E-state index is 6.26. The molecule has 0 saturated heterocycles. The van der Waals surface area contributed by atoms with Gasteiger partial charge in [-0.3, -0.25) is 4.40 Å². The van der Waals surface area contributed by atoms with E-state index in [1.54, 1.807) is 4.40 Å². The van der Waals surface area contributed by atoms with Gasteiger partial charge >= 0.3 is 0 Å². The lowest BCUT2D eigenvalue weighted by molar-refractivity contribution is 0.686. The summed E-state index contributed by atoms with van der Waals surface area (Å²) in [4.78, 5) is 4.65. The standard InChI is InChI=1S/C17H16ClN3/c18-14-6-3-7-15-20-16(17(19)21(14)15)13-9-8-11-4-1-2-5-12(11)10-13/h3,6-10H,1-2,4-5,19H2. The first-order valence-corrected chi connectivity index (χ1v) is 7.66. The summed E-state index contributed by atoms with van der Waals surface area (Å²) in [5, 5.41) is 0.585. The first-order chi connectivity index (χ1) is 10.2. The van der Waals surface area contributed by atoms with Crippen LogP contribution in [0.15, 0.2) is 36.4 Å². The number of nitrogens with zero attached hydrogens (tertiary/aromatic N) is 2. The molecular weight excluding hydrogens is 282 g/mol. The van der Waals surface area contributed by atoms with Crippen LogP contribution in [-0.4, -0.2) is 9.38 Å². The number of imidazole rings is 1. The van der Waals surface area contributed by atoms with Crippen LogP contribution in [0.1, 0.15) is 24.0 Å². The van der Waals surface area contributed by atoms with E-state index in [4.69, 9.17) is 17.3 Å². The average molecular weight is 298 g/mol. The second-order valence-corrected chi connectivity index (χ2v) is 5.97. The molecule has 0 unspecified atom stereocenters. The van der Waals surface area contributed by atoms with Crippen molar-refractivity contribution in [3.8, 4) is 11.3 Å². The normalized spacial score (nSPS) is 14.3. The summed E-state index contributed by atoms with van der Waals surface area (Å²) in [6, 6.07) is 12.2. The van der Waals surface area contributed by atoms with Crippen LogP contribution in [0, 0.1) is 0 Å². The van der Waals surface area contributed by atoms with E-state index in [0.29, 0.717) is 11.0 Å². The first kappa shape index (κ1) is 12.7. The highest BCUT2D eigenvalue weighted by molar-refractivity contribution is 6.30. The van der Waals surface area contributed by atoms with Gasteiger partial charge in [0, 0.05) is 5.56 Å². The van der Waals surface area contributed by atoms with E-state index in [1.807, 2.05) is 18.2 Å². The zero-order valence-electron chi connectivity index (χ0n) is 11.6. The van der Waals surface area contributed by atoms with Gasteiger partial charge in [0.05, 0.1) is 0 Å². The third-order valence-electron chi connectivity index (χ3n) is 4.25. The molecule has 0 fully saturated rings. The Bertz CT molecular complexity index is 835. The molecule has 0 spiro atoms. The minimum absolute atomic E-state index is 0.585. The van der Waals surface area contributed by atoms with Gasteiger partial charge in [-0.2, -0.15) is 0 Å². The largest absolute Gasteiger partial charge is 0.383 e. The molecule has 3 aromatic rings. The monoisotopic (exact) mass is 297 g/mol. The van der Waals surface area contributed by atoms with Crippen molar-refractivity contribution in [2.24, 2.45) is 0 Å². The molecule has 1 aliphatic rings. The minimum Gasteiger partial charge on any atom is -0.383 e. The molecular formula is C17H16ClN3. The number of anilines is 1. The van der Waals surface area contributed by atoms with Crippen molar-refractivity contribution in [2.75, 3.05) is 5.73 Å². The number of nitrogen functional groups attached to an aromatic ring is 1. The molecule has 2 heterocycles. The number of hydrogen-bond acceptors (Lipinski definition) is 2. The summed E-state index contributed by atoms with van der Waals surface area (Å²) in [6.45, 7) is 0. The SMILES string of the molecule is Nc1c(-c2ccc3c(c2)CCCC3)nc2cccc(Cl)n12. The van der Waals surface area contributed by atoms with Gasteiger partial charge in [-0.25, -0.2) is 4.98 Å². The van der Waals surface area contributed by atoms with Crippen molar-refractivity contribution in [1.29, 1.82) is 0 Å². The maximum absolute atomic E-state index is 6.26. The second-order valence-electron chi connectivity index (χ2n) is 5.58. The van der Waals surface area contributed by atoms with Crippen molar-refractivity contribution < 1.29 is 0 Å². The Balaban J connectivity index is 1.90. The van der Waals surface area contributed by atoms with Crippen LogP contribution < -0.4 is 5.73 Å². The molecule has 4 rings (SSSR count). The van der Waals surface area contributed by atoms with Gasteiger partial charge < -0.3 is 5.73 Å². The molecule has 4 heteroatoms. The Morgan fingerprint density at radius 3 is 2.67 bits per heavy atom. The molecule has 0 atom stereocenters. The summed E-state index contributed by atoms with van der Waals surface area (Å²) in [5.74, 6) is 0.603. The third-order valence-corrected chi connectivity index (χ3v) is 4.55. The number of halogens is 1. The van der Waals surface area contributed by atoms with Gasteiger partial charge in [-0.05, 0) is 55.0 Å². The smallest absolute Gasteiger partial charge is 0.140 e. The Kier molecular flexibility index (Phi) is 2.89. The third kappa shape index (κ3) is 2.00. The predicted molar refractivity (Wildman–Crippen MR) is 86.7 cm³/mol. The van der Waals surface area contributed by atoms with Crippen LogP contribution in [0.2, 0.25) is 5.15 Å². The van der Waals surface area contributed by atoms with E-state index in [1.165, 1.54) is 30.4 Å². The molecule has 21 heavy (non-hydrogen) atoms. The predicted octanol–water partition coefficient (Wildman–Crippen LogP) is 4.12. The van der Waals surface area contributed by atoms with E-state index < -0.39 is 0 Å². The Hall–Kier alpha value is -2.00. The van der Waals surface area contributed by atoms with Gasteiger partial charge in [-0.1, -0.05) is 29.8 Å². The summed E-state index contributed by atoms with van der Waals surface area (Å²) in [6.07, 6.45) is 4.89. The Morgan fingerprint density at radius 2 is 1.86 bits per heavy atom. The molecule has 1 aliphatic carbocycles. The van der Waals surface area contributed by atoms with Gasteiger partial charge in [0.25, 0.3) is 0 Å². The fourth-order valence-corrected chi connectivity index (χ4v) is 3.42. The number of rotatable bonds is 1. The fraction of sp³-hybridized carbons (Fsp3) is 0.235.